The highest BCUT2D eigenvalue weighted by Crippen LogP contribution is 2.78. The number of rotatable bonds is 4. The number of aliphatic hydroxyl groups excluding tert-OH is 9. The number of ether oxygens (including phenoxy) is 2. The van der Waals surface area contributed by atoms with E-state index in [1.807, 2.05) is 20.8 Å². The fourth-order valence-electron chi connectivity index (χ4n) is 13.1. The Bertz CT molecular complexity index is 1350. The molecule has 1 heterocycles. The van der Waals surface area contributed by atoms with E-state index in [1.165, 1.54) is 0 Å². The number of allylic oxidation sites excluding steroid dienone is 1. The largest absolute Gasteiger partial charge is 0.432 e. The summed E-state index contributed by atoms with van der Waals surface area (Å²) < 4.78 is 11.5. The van der Waals surface area contributed by atoms with Crippen LogP contribution in [0.15, 0.2) is 11.6 Å². The van der Waals surface area contributed by atoms with Crippen LogP contribution in [0, 0.1) is 49.7 Å². The molecule has 0 amide bonds. The summed E-state index contributed by atoms with van der Waals surface area (Å²) in [4.78, 5) is 14.6. The van der Waals surface area contributed by atoms with Gasteiger partial charge in [-0.15, -0.1) is 0 Å². The second-order valence-corrected chi connectivity index (χ2v) is 18.6. The van der Waals surface area contributed by atoms with Crippen LogP contribution in [0.2, 0.25) is 0 Å². The summed E-state index contributed by atoms with van der Waals surface area (Å²) >= 11 is 0. The fraction of sp³-hybridized carbons (Fsp3) is 0.919. The number of aliphatic hydroxyl groups is 9. The molecule has 6 rings (SSSR count). The Morgan fingerprint density at radius 1 is 0.837 bits per heavy atom. The van der Waals surface area contributed by atoms with Gasteiger partial charge in [0.05, 0.1) is 43.0 Å². The molecular formula is C37H60O12. The van der Waals surface area contributed by atoms with E-state index in [2.05, 4.69) is 26.8 Å². The van der Waals surface area contributed by atoms with Crippen molar-refractivity contribution in [2.75, 3.05) is 13.2 Å². The first kappa shape index (κ1) is 37.6. The Hall–Kier alpha value is -1.19. The minimum Gasteiger partial charge on any atom is -0.432 e. The van der Waals surface area contributed by atoms with Crippen LogP contribution in [0.4, 0.5) is 0 Å². The van der Waals surface area contributed by atoms with Crippen LogP contribution in [0.5, 0.6) is 0 Å². The van der Waals surface area contributed by atoms with Crippen molar-refractivity contribution in [1.82, 2.24) is 0 Å². The maximum absolute atomic E-state index is 14.6. The average molecular weight is 697 g/mol. The predicted molar refractivity (Wildman–Crippen MR) is 175 cm³/mol. The summed E-state index contributed by atoms with van der Waals surface area (Å²) in [5.74, 6) is -1.24. The van der Waals surface area contributed by atoms with Gasteiger partial charge in [-0.05, 0) is 72.5 Å². The molecule has 0 bridgehead atoms. The first-order valence-corrected chi connectivity index (χ1v) is 18.1. The van der Waals surface area contributed by atoms with Gasteiger partial charge in [0.15, 0.2) is 0 Å². The Kier molecular flexibility index (Phi) is 8.93. The molecule has 0 aromatic carbocycles. The molecule has 17 atom stereocenters. The molecule has 280 valence electrons. The quantitative estimate of drug-likeness (QED) is 0.147. The van der Waals surface area contributed by atoms with Crippen molar-refractivity contribution in [1.29, 1.82) is 0 Å². The zero-order valence-corrected chi connectivity index (χ0v) is 30.0. The zero-order chi connectivity index (χ0) is 36.5. The van der Waals surface area contributed by atoms with E-state index < -0.39 is 112 Å². The number of carbonyl (C=O) groups excluding carboxylic acids is 1. The van der Waals surface area contributed by atoms with Gasteiger partial charge < -0.3 is 55.4 Å². The SMILES string of the molecule is CC1(C)CC[C@]2(C(=O)O[C@H]3O[C@H](CO)[C@@H](O)[C@H](O)[C@@H]3O)CC[C@]3(C)C(=CC[C@@H]4[C@@]5(C)C[C@@H](O)[C@H](O)[C@@](C)(CO)[C@@H]5[C@H](O)C[C@]43C)[C@]2(C)[C@@H]1O. The topological polar surface area (TPSA) is 218 Å². The first-order chi connectivity index (χ1) is 22.6. The first-order valence-electron chi connectivity index (χ1n) is 18.1. The fourth-order valence-corrected chi connectivity index (χ4v) is 13.1. The number of hydrogen-bond donors (Lipinski definition) is 9. The Morgan fingerprint density at radius 2 is 1.47 bits per heavy atom. The Balaban J connectivity index is 1.45. The molecule has 6 aliphatic rings. The molecule has 49 heavy (non-hydrogen) atoms. The third kappa shape index (κ3) is 4.61. The molecule has 1 saturated heterocycles. The highest BCUT2D eigenvalue weighted by Gasteiger charge is 2.76. The molecule has 12 nitrogen and oxygen atoms in total. The number of esters is 1. The lowest BCUT2D eigenvalue weighted by molar-refractivity contribution is -0.302. The molecule has 0 aromatic heterocycles. The lowest BCUT2D eigenvalue weighted by Gasteiger charge is -2.74. The van der Waals surface area contributed by atoms with Gasteiger partial charge in [-0.2, -0.15) is 0 Å². The number of hydrogen-bond acceptors (Lipinski definition) is 12. The van der Waals surface area contributed by atoms with Gasteiger partial charge >= 0.3 is 5.97 Å². The Labute approximate surface area is 289 Å². The van der Waals surface area contributed by atoms with Gasteiger partial charge in [-0.1, -0.05) is 60.1 Å². The van der Waals surface area contributed by atoms with E-state index in [0.29, 0.717) is 38.5 Å². The molecule has 9 N–H and O–H groups in total. The van der Waals surface area contributed by atoms with Gasteiger partial charge in [0.25, 0.3) is 0 Å². The zero-order valence-electron chi connectivity index (χ0n) is 30.0. The average Bonchev–Trinajstić information content (AvgIpc) is 3.03. The van der Waals surface area contributed by atoms with Crippen molar-refractivity contribution in [2.24, 2.45) is 49.7 Å². The molecule has 5 aliphatic carbocycles. The Morgan fingerprint density at radius 3 is 2.08 bits per heavy atom. The molecule has 0 aromatic rings. The van der Waals surface area contributed by atoms with Gasteiger partial charge in [-0.3, -0.25) is 4.79 Å². The molecule has 1 aliphatic heterocycles. The van der Waals surface area contributed by atoms with E-state index in [4.69, 9.17) is 9.47 Å². The van der Waals surface area contributed by atoms with Crippen molar-refractivity contribution in [3.63, 3.8) is 0 Å². The molecule has 0 spiro atoms. The highest BCUT2D eigenvalue weighted by atomic mass is 16.7. The van der Waals surface area contributed by atoms with Gasteiger partial charge in [0, 0.05) is 16.7 Å². The molecule has 0 unspecified atom stereocenters. The normalized spacial score (nSPS) is 56.7. The summed E-state index contributed by atoms with van der Waals surface area (Å²) in [5, 5.41) is 98.6. The molecule has 12 heteroatoms. The monoisotopic (exact) mass is 696 g/mol. The predicted octanol–water partition coefficient (Wildman–Crippen LogP) is 0.767. The number of fused-ring (bicyclic) bond motifs is 7. The van der Waals surface area contributed by atoms with Crippen LogP contribution in [0.3, 0.4) is 0 Å². The second kappa shape index (κ2) is 11.7. The van der Waals surface area contributed by atoms with Gasteiger partial charge in [0.2, 0.25) is 6.29 Å². The third-order valence-corrected chi connectivity index (χ3v) is 16.0. The van der Waals surface area contributed by atoms with Crippen LogP contribution in [-0.2, 0) is 14.3 Å². The van der Waals surface area contributed by atoms with Crippen LogP contribution in [0.1, 0.15) is 93.4 Å². The van der Waals surface area contributed by atoms with Gasteiger partial charge in [-0.25, -0.2) is 0 Å². The van der Waals surface area contributed by atoms with Crippen molar-refractivity contribution in [2.45, 2.75) is 149 Å². The van der Waals surface area contributed by atoms with Crippen molar-refractivity contribution >= 4 is 5.97 Å². The van der Waals surface area contributed by atoms with Gasteiger partial charge in [0.1, 0.15) is 24.4 Å². The van der Waals surface area contributed by atoms with Crippen molar-refractivity contribution in [3.8, 4) is 0 Å². The van der Waals surface area contributed by atoms with Crippen molar-refractivity contribution in [3.05, 3.63) is 11.6 Å². The second-order valence-electron chi connectivity index (χ2n) is 18.6. The van der Waals surface area contributed by atoms with Crippen LogP contribution >= 0.6 is 0 Å². The molecule has 0 radical (unpaired) electrons. The molecule has 5 fully saturated rings. The maximum Gasteiger partial charge on any atom is 0.315 e. The highest BCUT2D eigenvalue weighted by molar-refractivity contribution is 5.80. The lowest BCUT2D eigenvalue weighted by Crippen LogP contribution is -2.73. The number of carbonyl (C=O) groups is 1. The summed E-state index contributed by atoms with van der Waals surface area (Å²) in [6.45, 7) is 13.0. The summed E-state index contributed by atoms with van der Waals surface area (Å²) in [7, 11) is 0. The van der Waals surface area contributed by atoms with E-state index >= 15 is 0 Å². The third-order valence-electron chi connectivity index (χ3n) is 16.0. The van der Waals surface area contributed by atoms with Crippen LogP contribution in [0.25, 0.3) is 0 Å². The summed E-state index contributed by atoms with van der Waals surface area (Å²) in [6, 6.07) is 0. The van der Waals surface area contributed by atoms with E-state index in [1.54, 1.807) is 6.92 Å². The minimum absolute atomic E-state index is 0.0684. The summed E-state index contributed by atoms with van der Waals surface area (Å²) in [5.41, 5.74) is -5.07. The van der Waals surface area contributed by atoms with Crippen molar-refractivity contribution < 1.29 is 60.2 Å². The minimum atomic E-state index is -1.76. The summed E-state index contributed by atoms with van der Waals surface area (Å²) in [6.07, 6.45) is -7.14. The molecule has 4 saturated carbocycles. The lowest BCUT2D eigenvalue weighted by atomic mass is 9.30. The maximum atomic E-state index is 14.6. The van der Waals surface area contributed by atoms with E-state index in [0.717, 1.165) is 5.57 Å². The molecular weight excluding hydrogens is 636 g/mol. The smallest absolute Gasteiger partial charge is 0.315 e. The van der Waals surface area contributed by atoms with Crippen LogP contribution in [-0.4, -0.2) is 120 Å². The standard InChI is InChI=1S/C37H60O12/c1-31(2)10-12-37(30(47)49-28-25(44)24(43)23(42)20(16-38)48-28)13-11-34(5)22(36(37,7)29(31)46)9-8-21-32(3)14-19(41)27(45)33(4,17-39)26(32)18(40)15-35(21,34)6/h9,18-21,23-29,38-46H,8,10-17H2,1-7H3/t18-,19-,20-,21-,23-,24+,25+,26-,27+,28-,29-,32-,33+,34-,35-,36-,37-/m1/s1. The van der Waals surface area contributed by atoms with Crippen LogP contribution < -0.4 is 0 Å². The van der Waals surface area contributed by atoms with E-state index in [-0.39, 0.29) is 18.9 Å². The van der Waals surface area contributed by atoms with E-state index in [9.17, 15) is 50.8 Å².